The Morgan fingerprint density at radius 1 is 1.13 bits per heavy atom. The van der Waals surface area contributed by atoms with E-state index >= 15 is 0 Å². The third-order valence-electron chi connectivity index (χ3n) is 6.47. The van der Waals surface area contributed by atoms with Crippen molar-refractivity contribution in [2.24, 2.45) is 5.92 Å². The van der Waals surface area contributed by atoms with Gasteiger partial charge in [0.1, 0.15) is 5.82 Å². The minimum absolute atomic E-state index is 0.270. The largest absolute Gasteiger partial charge is 0.479 e. The van der Waals surface area contributed by atoms with Gasteiger partial charge in [-0.05, 0) is 43.9 Å². The van der Waals surface area contributed by atoms with Crippen molar-refractivity contribution in [1.29, 1.82) is 0 Å². The summed E-state index contributed by atoms with van der Waals surface area (Å²) in [5, 5.41) is 9.71. The third kappa shape index (κ3) is 5.27. The Hall–Kier alpha value is -4.16. The lowest BCUT2D eigenvalue weighted by atomic mass is 9.97. The second kappa shape index (κ2) is 10.3. The highest BCUT2D eigenvalue weighted by molar-refractivity contribution is 5.89. The molecule has 1 aliphatic rings. The fourth-order valence-corrected chi connectivity index (χ4v) is 4.51. The van der Waals surface area contributed by atoms with Crippen LogP contribution in [0.25, 0.3) is 16.7 Å². The van der Waals surface area contributed by atoms with Crippen LogP contribution in [0.4, 0.5) is 19.0 Å². The number of carbonyl (C=O) groups excluding carboxylic acids is 1. The summed E-state index contributed by atoms with van der Waals surface area (Å²) in [6, 6.07) is 4.32. The molecule has 0 bridgehead atoms. The number of piperidine rings is 1. The number of anilines is 1. The highest BCUT2D eigenvalue weighted by atomic mass is 19.4. The van der Waals surface area contributed by atoms with Gasteiger partial charge in [-0.25, -0.2) is 14.5 Å². The van der Waals surface area contributed by atoms with Gasteiger partial charge in [-0.1, -0.05) is 0 Å². The standard InChI is InChI=1S/C25H26F3N7O3/c1-3-38-24(36)18-11-30-35(15-18)21-10-17-14-34(32-22(17)23(31-21)37-2)13-16-6-8-33(9-7-16)20-5-4-19(12-29-20)25(26,27)28/h4-5,10-12,14-16H,3,6-9,13H2,1-2H3. The van der Waals surface area contributed by atoms with E-state index in [1.807, 2.05) is 21.8 Å². The molecule has 0 atom stereocenters. The Labute approximate surface area is 216 Å². The van der Waals surface area contributed by atoms with Crippen molar-refractivity contribution in [2.45, 2.75) is 32.5 Å². The van der Waals surface area contributed by atoms with Crippen LogP contribution >= 0.6 is 0 Å². The number of hydrogen-bond acceptors (Lipinski definition) is 8. The highest BCUT2D eigenvalue weighted by Crippen LogP contribution is 2.31. The van der Waals surface area contributed by atoms with Gasteiger partial charge in [-0.15, -0.1) is 0 Å². The summed E-state index contributed by atoms with van der Waals surface area (Å²) in [6.45, 7) is 4.07. The molecule has 200 valence electrons. The van der Waals surface area contributed by atoms with Crippen molar-refractivity contribution in [3.8, 4) is 11.7 Å². The van der Waals surface area contributed by atoms with Gasteiger partial charge in [-0.3, -0.25) is 4.68 Å². The summed E-state index contributed by atoms with van der Waals surface area (Å²) in [5.74, 6) is 1.25. The number of pyridine rings is 2. The van der Waals surface area contributed by atoms with E-state index in [9.17, 15) is 18.0 Å². The average molecular weight is 530 g/mol. The Kier molecular flexibility index (Phi) is 6.91. The Morgan fingerprint density at radius 2 is 1.92 bits per heavy atom. The first-order valence-electron chi connectivity index (χ1n) is 12.2. The topological polar surface area (TPSA) is 100 Å². The van der Waals surface area contributed by atoms with Crippen LogP contribution in [0, 0.1) is 5.92 Å². The van der Waals surface area contributed by atoms with Crippen LogP contribution in [0.2, 0.25) is 0 Å². The van der Waals surface area contributed by atoms with E-state index in [2.05, 4.69) is 20.2 Å². The molecule has 10 nitrogen and oxygen atoms in total. The number of nitrogens with zero attached hydrogens (tertiary/aromatic N) is 7. The molecule has 0 amide bonds. The predicted molar refractivity (Wildman–Crippen MR) is 131 cm³/mol. The van der Waals surface area contributed by atoms with E-state index in [1.54, 1.807) is 13.1 Å². The molecule has 4 aromatic rings. The number of hydrogen-bond donors (Lipinski definition) is 0. The fourth-order valence-electron chi connectivity index (χ4n) is 4.51. The first-order valence-corrected chi connectivity index (χ1v) is 12.2. The molecule has 1 fully saturated rings. The summed E-state index contributed by atoms with van der Waals surface area (Å²) in [6.07, 6.45) is 3.08. The number of rotatable bonds is 7. The number of esters is 1. The molecule has 1 saturated heterocycles. The Morgan fingerprint density at radius 3 is 2.58 bits per heavy atom. The zero-order chi connectivity index (χ0) is 26.9. The zero-order valence-electron chi connectivity index (χ0n) is 20.9. The number of alkyl halides is 3. The summed E-state index contributed by atoms with van der Waals surface area (Å²) in [5.41, 5.74) is 0.184. The molecule has 5 rings (SSSR count). The SMILES string of the molecule is CCOC(=O)c1cnn(-c2cc3cn(CC4CCN(c5ccc(C(F)(F)F)cn5)CC4)nc3c(OC)n2)c1. The Bertz CT molecular complexity index is 1420. The van der Waals surface area contributed by atoms with Gasteiger partial charge < -0.3 is 14.4 Å². The van der Waals surface area contributed by atoms with E-state index in [1.165, 1.54) is 24.1 Å². The smallest absolute Gasteiger partial charge is 0.417 e. The Balaban J connectivity index is 1.27. The molecule has 0 aromatic carbocycles. The number of carbonyl (C=O) groups is 1. The summed E-state index contributed by atoms with van der Waals surface area (Å²) in [7, 11) is 1.52. The first kappa shape index (κ1) is 25.5. The minimum Gasteiger partial charge on any atom is -0.479 e. The van der Waals surface area contributed by atoms with Crippen molar-refractivity contribution >= 4 is 22.7 Å². The maximum absolute atomic E-state index is 12.8. The lowest BCUT2D eigenvalue weighted by molar-refractivity contribution is -0.137. The predicted octanol–water partition coefficient (Wildman–Crippen LogP) is 4.13. The minimum atomic E-state index is -4.39. The number of ether oxygens (including phenoxy) is 2. The van der Waals surface area contributed by atoms with Crippen molar-refractivity contribution < 1.29 is 27.4 Å². The quantitative estimate of drug-likeness (QED) is 0.330. The molecule has 1 aliphatic heterocycles. The molecule has 5 heterocycles. The zero-order valence-corrected chi connectivity index (χ0v) is 20.9. The van der Waals surface area contributed by atoms with E-state index in [-0.39, 0.29) is 6.61 Å². The van der Waals surface area contributed by atoms with Crippen molar-refractivity contribution in [1.82, 2.24) is 29.5 Å². The number of aromatic nitrogens is 6. The van der Waals surface area contributed by atoms with Crippen LogP contribution < -0.4 is 9.64 Å². The van der Waals surface area contributed by atoms with Gasteiger partial charge in [-0.2, -0.15) is 28.4 Å². The lowest BCUT2D eigenvalue weighted by Gasteiger charge is -2.32. The number of fused-ring (bicyclic) bond motifs is 1. The fraction of sp³-hybridized carbons (Fsp3) is 0.400. The average Bonchev–Trinajstić information content (AvgIpc) is 3.56. The number of methoxy groups -OCH3 is 1. The van der Waals surface area contributed by atoms with Crippen LogP contribution in [0.1, 0.15) is 35.7 Å². The summed E-state index contributed by atoms with van der Waals surface area (Å²) >= 11 is 0. The van der Waals surface area contributed by atoms with Crippen LogP contribution in [0.3, 0.4) is 0 Å². The molecule has 13 heteroatoms. The monoisotopic (exact) mass is 529 g/mol. The normalized spacial score (nSPS) is 14.7. The maximum atomic E-state index is 12.8. The van der Waals surface area contributed by atoms with Crippen LogP contribution in [0.15, 0.2) is 43.0 Å². The van der Waals surface area contributed by atoms with Crippen molar-refractivity contribution in [3.05, 3.63) is 54.1 Å². The second-order valence-corrected chi connectivity index (χ2v) is 9.01. The molecule has 0 radical (unpaired) electrons. The van der Waals surface area contributed by atoms with Crippen LogP contribution in [0.5, 0.6) is 5.88 Å². The van der Waals surface area contributed by atoms with Crippen molar-refractivity contribution in [2.75, 3.05) is 31.7 Å². The maximum Gasteiger partial charge on any atom is 0.417 e. The molecule has 0 N–H and O–H groups in total. The van der Waals surface area contributed by atoms with E-state index in [4.69, 9.17) is 9.47 Å². The summed E-state index contributed by atoms with van der Waals surface area (Å²) in [4.78, 5) is 22.5. The second-order valence-electron chi connectivity index (χ2n) is 9.01. The molecule has 0 spiro atoms. The van der Waals surface area contributed by atoms with Gasteiger partial charge in [0.2, 0.25) is 5.88 Å². The van der Waals surface area contributed by atoms with Gasteiger partial charge in [0, 0.05) is 43.6 Å². The molecule has 0 aliphatic carbocycles. The molecular weight excluding hydrogens is 503 g/mol. The third-order valence-corrected chi connectivity index (χ3v) is 6.47. The summed E-state index contributed by atoms with van der Waals surface area (Å²) < 4.78 is 52.3. The molecule has 4 aromatic heterocycles. The lowest BCUT2D eigenvalue weighted by Crippen LogP contribution is -2.35. The van der Waals surface area contributed by atoms with E-state index in [0.717, 1.165) is 30.5 Å². The van der Waals surface area contributed by atoms with Crippen LogP contribution in [-0.2, 0) is 17.5 Å². The van der Waals surface area contributed by atoms with E-state index < -0.39 is 17.7 Å². The number of halogens is 3. The van der Waals surface area contributed by atoms with E-state index in [0.29, 0.717) is 54.1 Å². The van der Waals surface area contributed by atoms with Gasteiger partial charge in [0.25, 0.3) is 0 Å². The van der Waals surface area contributed by atoms with Crippen molar-refractivity contribution in [3.63, 3.8) is 0 Å². The van der Waals surface area contributed by atoms with Gasteiger partial charge >= 0.3 is 12.1 Å². The molecular formula is C25H26F3N7O3. The molecule has 0 unspecified atom stereocenters. The molecule has 38 heavy (non-hydrogen) atoms. The highest BCUT2D eigenvalue weighted by Gasteiger charge is 2.31. The molecule has 0 saturated carbocycles. The van der Waals surface area contributed by atoms with Crippen LogP contribution in [-0.4, -0.2) is 62.3 Å². The van der Waals surface area contributed by atoms with Gasteiger partial charge in [0.15, 0.2) is 11.3 Å². The first-order chi connectivity index (χ1) is 18.2. The van der Waals surface area contributed by atoms with Gasteiger partial charge in [0.05, 0.1) is 31.0 Å².